The van der Waals surface area contributed by atoms with Crippen LogP contribution in [0, 0.1) is 10.1 Å². The number of hydrogen-bond acceptors (Lipinski definition) is 8. The van der Waals surface area contributed by atoms with E-state index >= 15 is 0 Å². The standard InChI is InChI=1S/C29H19ClN4O5S2/c1-16-25(27(35)32-17-6-3-2-4-7-17)26(23-8-5-13-40-23)33-28(36)24(41-29(33)31-16)15-19-10-12-22(39-19)20-14-18(34(37)38)9-11-21(20)30/h2-15,26H,1H3,(H,32,35)/b24-15-. The molecule has 1 atom stereocenters. The molecular weight excluding hydrogens is 584 g/mol. The Labute approximate surface area is 245 Å². The summed E-state index contributed by atoms with van der Waals surface area (Å²) >= 11 is 8.91. The number of halogens is 1. The molecule has 5 aromatic rings. The Kier molecular flexibility index (Phi) is 7.00. The number of fused-ring (bicyclic) bond motifs is 1. The third-order valence-corrected chi connectivity index (χ3v) is 8.67. The van der Waals surface area contributed by atoms with Crippen molar-refractivity contribution in [3.05, 3.63) is 135 Å². The number of allylic oxidation sites excluding steroid dienone is 1. The van der Waals surface area contributed by atoms with Crippen molar-refractivity contribution in [2.24, 2.45) is 4.99 Å². The molecule has 0 saturated heterocycles. The number of nitrogens with one attached hydrogen (secondary N) is 1. The maximum atomic E-state index is 13.8. The van der Waals surface area contributed by atoms with E-state index in [1.165, 1.54) is 45.4 Å². The summed E-state index contributed by atoms with van der Waals surface area (Å²) in [7, 11) is 0. The lowest BCUT2D eigenvalue weighted by Gasteiger charge is -2.24. The van der Waals surface area contributed by atoms with Crippen LogP contribution in [0.15, 0.2) is 104 Å². The van der Waals surface area contributed by atoms with Gasteiger partial charge in [-0.3, -0.25) is 24.3 Å². The van der Waals surface area contributed by atoms with E-state index in [9.17, 15) is 19.7 Å². The zero-order chi connectivity index (χ0) is 28.7. The van der Waals surface area contributed by atoms with Crippen LogP contribution in [-0.4, -0.2) is 15.4 Å². The molecule has 1 amide bonds. The molecule has 1 aliphatic rings. The largest absolute Gasteiger partial charge is 0.457 e. The highest BCUT2D eigenvalue weighted by atomic mass is 35.5. The number of anilines is 1. The van der Waals surface area contributed by atoms with Crippen LogP contribution in [0.4, 0.5) is 11.4 Å². The van der Waals surface area contributed by atoms with Crippen LogP contribution in [0.5, 0.6) is 0 Å². The summed E-state index contributed by atoms with van der Waals surface area (Å²) in [6.07, 6.45) is 1.59. The minimum atomic E-state index is -0.659. The van der Waals surface area contributed by atoms with Gasteiger partial charge in [-0.05, 0) is 48.7 Å². The molecule has 0 radical (unpaired) electrons. The van der Waals surface area contributed by atoms with Gasteiger partial charge in [-0.2, -0.15) is 0 Å². The van der Waals surface area contributed by atoms with Gasteiger partial charge in [0.15, 0.2) is 4.80 Å². The number of nitrogens with zero attached hydrogens (tertiary/aromatic N) is 3. The molecule has 0 fully saturated rings. The van der Waals surface area contributed by atoms with E-state index in [1.54, 1.807) is 37.3 Å². The Hall–Kier alpha value is -4.58. The van der Waals surface area contributed by atoms with Gasteiger partial charge in [0.25, 0.3) is 17.2 Å². The van der Waals surface area contributed by atoms with Crippen molar-refractivity contribution < 1.29 is 14.1 Å². The van der Waals surface area contributed by atoms with Crippen LogP contribution in [0.2, 0.25) is 5.02 Å². The molecule has 204 valence electrons. The molecule has 41 heavy (non-hydrogen) atoms. The number of non-ortho nitro benzene ring substituents is 1. The number of thiazole rings is 1. The summed E-state index contributed by atoms with van der Waals surface area (Å²) in [4.78, 5) is 44.0. The summed E-state index contributed by atoms with van der Waals surface area (Å²) in [5, 5.41) is 16.3. The average molecular weight is 603 g/mol. The highest BCUT2D eigenvalue weighted by Crippen LogP contribution is 2.34. The minimum absolute atomic E-state index is 0.119. The molecule has 2 aromatic carbocycles. The molecule has 1 aliphatic heterocycles. The summed E-state index contributed by atoms with van der Waals surface area (Å²) in [5.74, 6) is 0.345. The van der Waals surface area contributed by atoms with Gasteiger partial charge in [-0.25, -0.2) is 4.99 Å². The van der Waals surface area contributed by atoms with Crippen LogP contribution < -0.4 is 20.2 Å². The molecule has 9 nitrogen and oxygen atoms in total. The van der Waals surface area contributed by atoms with E-state index in [0.717, 1.165) is 4.88 Å². The van der Waals surface area contributed by atoms with E-state index in [1.807, 2.05) is 35.7 Å². The number of carbonyl (C=O) groups is 1. The van der Waals surface area contributed by atoms with Gasteiger partial charge in [0.1, 0.15) is 17.6 Å². The summed E-state index contributed by atoms with van der Waals surface area (Å²) in [6.45, 7) is 1.76. The van der Waals surface area contributed by atoms with Gasteiger partial charge in [-0.1, -0.05) is 47.2 Å². The van der Waals surface area contributed by atoms with Gasteiger partial charge < -0.3 is 9.73 Å². The minimum Gasteiger partial charge on any atom is -0.457 e. The van der Waals surface area contributed by atoms with E-state index < -0.39 is 11.0 Å². The zero-order valence-corrected chi connectivity index (χ0v) is 23.6. The number of aromatic nitrogens is 1. The van der Waals surface area contributed by atoms with Crippen molar-refractivity contribution in [3.8, 4) is 11.3 Å². The first kappa shape index (κ1) is 26.6. The normalized spacial score (nSPS) is 15.0. The van der Waals surface area contributed by atoms with E-state index in [-0.39, 0.29) is 17.2 Å². The van der Waals surface area contributed by atoms with Crippen molar-refractivity contribution in [2.45, 2.75) is 13.0 Å². The van der Waals surface area contributed by atoms with Crippen LogP contribution in [0.25, 0.3) is 17.4 Å². The van der Waals surface area contributed by atoms with Crippen molar-refractivity contribution in [3.63, 3.8) is 0 Å². The fourth-order valence-electron chi connectivity index (χ4n) is 4.57. The summed E-state index contributed by atoms with van der Waals surface area (Å²) in [6, 6.07) is 19.6. The van der Waals surface area contributed by atoms with Crippen LogP contribution in [0.3, 0.4) is 0 Å². The number of benzene rings is 2. The zero-order valence-electron chi connectivity index (χ0n) is 21.2. The second kappa shape index (κ2) is 10.8. The van der Waals surface area contributed by atoms with Crippen LogP contribution in [-0.2, 0) is 4.79 Å². The number of para-hydroxylation sites is 1. The number of amides is 1. The molecule has 1 N–H and O–H groups in total. The number of hydrogen-bond donors (Lipinski definition) is 1. The van der Waals surface area contributed by atoms with Gasteiger partial charge in [0.05, 0.1) is 25.7 Å². The lowest BCUT2D eigenvalue weighted by atomic mass is 10.0. The third kappa shape index (κ3) is 5.06. The first-order chi connectivity index (χ1) is 19.8. The molecule has 0 spiro atoms. The monoisotopic (exact) mass is 602 g/mol. The SMILES string of the molecule is CC1=C(C(=O)Nc2ccccc2)C(c2cccs2)n2c(s/c(=C\c3ccc(-c4cc([N+](=O)[O-])ccc4Cl)o3)c2=O)=N1. The summed E-state index contributed by atoms with van der Waals surface area (Å²) < 4.78 is 7.81. The molecule has 0 saturated carbocycles. The van der Waals surface area contributed by atoms with E-state index in [2.05, 4.69) is 10.3 Å². The molecule has 12 heteroatoms. The average Bonchev–Trinajstić information content (AvgIpc) is 3.71. The number of thiophene rings is 1. The van der Waals surface area contributed by atoms with Crippen molar-refractivity contribution in [1.82, 2.24) is 4.57 Å². The molecule has 4 heterocycles. The predicted octanol–water partition coefficient (Wildman–Crippen LogP) is 5.76. The Morgan fingerprint density at radius 2 is 1.95 bits per heavy atom. The number of nitro benzene ring substituents is 1. The van der Waals surface area contributed by atoms with Gasteiger partial charge >= 0.3 is 0 Å². The topological polar surface area (TPSA) is 120 Å². The quantitative estimate of drug-likeness (QED) is 0.196. The van der Waals surface area contributed by atoms with Crippen molar-refractivity contribution >= 4 is 57.6 Å². The molecule has 0 aliphatic carbocycles. The highest BCUT2D eigenvalue weighted by molar-refractivity contribution is 7.10. The maximum Gasteiger partial charge on any atom is 0.271 e. The predicted molar refractivity (Wildman–Crippen MR) is 159 cm³/mol. The van der Waals surface area contributed by atoms with E-state index in [0.29, 0.717) is 48.4 Å². The molecule has 3 aromatic heterocycles. The first-order valence-electron chi connectivity index (χ1n) is 12.3. The maximum absolute atomic E-state index is 13.8. The number of nitro groups is 1. The number of rotatable bonds is 6. The van der Waals surface area contributed by atoms with Gasteiger partial charge in [0.2, 0.25) is 0 Å². The highest BCUT2D eigenvalue weighted by Gasteiger charge is 2.33. The fraction of sp³-hybridized carbons (Fsp3) is 0.0690. The Bertz CT molecular complexity index is 2020. The van der Waals surface area contributed by atoms with Crippen molar-refractivity contribution in [2.75, 3.05) is 5.32 Å². The molecule has 6 rings (SSSR count). The molecular formula is C29H19ClN4O5S2. The van der Waals surface area contributed by atoms with Crippen LogP contribution in [0.1, 0.15) is 23.6 Å². The van der Waals surface area contributed by atoms with Crippen LogP contribution >= 0.6 is 34.3 Å². The number of carbonyl (C=O) groups excluding carboxylic acids is 1. The Morgan fingerprint density at radius 3 is 2.68 bits per heavy atom. The first-order valence-corrected chi connectivity index (χ1v) is 14.3. The molecule has 0 bridgehead atoms. The second-order valence-corrected chi connectivity index (χ2v) is 11.4. The third-order valence-electron chi connectivity index (χ3n) is 6.44. The lowest BCUT2D eigenvalue weighted by molar-refractivity contribution is -0.384. The lowest BCUT2D eigenvalue weighted by Crippen LogP contribution is -2.40. The molecule has 1 unspecified atom stereocenters. The number of furan rings is 1. The van der Waals surface area contributed by atoms with Crippen molar-refractivity contribution in [1.29, 1.82) is 0 Å². The Balaban J connectivity index is 1.42. The Morgan fingerprint density at radius 1 is 1.15 bits per heavy atom. The van der Waals surface area contributed by atoms with E-state index in [4.69, 9.17) is 16.0 Å². The van der Waals surface area contributed by atoms with Gasteiger partial charge in [-0.15, -0.1) is 11.3 Å². The smallest absolute Gasteiger partial charge is 0.271 e. The second-order valence-electron chi connectivity index (χ2n) is 9.04. The summed E-state index contributed by atoms with van der Waals surface area (Å²) in [5.41, 5.74) is 1.46. The van der Waals surface area contributed by atoms with Gasteiger partial charge in [0, 0.05) is 34.3 Å². The fourth-order valence-corrected chi connectivity index (χ4v) is 6.63.